The van der Waals surface area contributed by atoms with Crippen LogP contribution in [-0.2, 0) is 17.9 Å². The van der Waals surface area contributed by atoms with E-state index in [0.717, 1.165) is 11.3 Å². The molecule has 4 rings (SSSR count). The SMILES string of the molecule is COCc1cc(NCc2ccc(Oc3cccnc3)c(F)c2)n2ncnc2n1. The van der Waals surface area contributed by atoms with Crippen LogP contribution in [0.4, 0.5) is 10.2 Å². The normalized spacial score (nSPS) is 10.9. The Bertz CT molecular complexity index is 1090. The first kappa shape index (κ1) is 17.8. The van der Waals surface area contributed by atoms with E-state index in [1.807, 2.05) is 6.07 Å². The van der Waals surface area contributed by atoms with Crippen molar-refractivity contribution in [2.45, 2.75) is 13.2 Å². The van der Waals surface area contributed by atoms with Gasteiger partial charge in [-0.05, 0) is 29.8 Å². The Morgan fingerprint density at radius 2 is 2.14 bits per heavy atom. The number of benzene rings is 1. The first-order chi connectivity index (χ1) is 13.7. The highest BCUT2D eigenvalue weighted by molar-refractivity contribution is 5.45. The fourth-order valence-corrected chi connectivity index (χ4v) is 2.67. The highest BCUT2D eigenvalue weighted by Gasteiger charge is 2.10. The van der Waals surface area contributed by atoms with Gasteiger partial charge in [0.05, 0.1) is 18.5 Å². The van der Waals surface area contributed by atoms with Crippen molar-refractivity contribution in [1.29, 1.82) is 0 Å². The summed E-state index contributed by atoms with van der Waals surface area (Å²) in [7, 11) is 1.60. The van der Waals surface area contributed by atoms with Crippen LogP contribution in [0.15, 0.2) is 55.1 Å². The molecule has 0 saturated carbocycles. The standard InChI is InChI=1S/C19H17FN6O2/c1-27-11-14-8-18(26-19(25-14)23-12-24-26)22-9-13-4-5-17(16(20)7-13)28-15-3-2-6-21-10-15/h2-8,10,12,22H,9,11H2,1H3. The molecule has 0 radical (unpaired) electrons. The Kier molecular flexibility index (Phi) is 5.07. The van der Waals surface area contributed by atoms with Crippen LogP contribution in [-0.4, -0.2) is 31.7 Å². The molecule has 28 heavy (non-hydrogen) atoms. The minimum absolute atomic E-state index is 0.140. The zero-order valence-corrected chi connectivity index (χ0v) is 15.0. The number of ether oxygens (including phenoxy) is 2. The lowest BCUT2D eigenvalue weighted by Gasteiger charge is -2.11. The van der Waals surface area contributed by atoms with Gasteiger partial charge in [-0.15, -0.1) is 0 Å². The van der Waals surface area contributed by atoms with Crippen molar-refractivity contribution in [3.8, 4) is 11.5 Å². The van der Waals surface area contributed by atoms with Gasteiger partial charge < -0.3 is 14.8 Å². The average molecular weight is 380 g/mol. The Labute approximate surface area is 160 Å². The molecule has 0 aliphatic heterocycles. The molecule has 0 atom stereocenters. The van der Waals surface area contributed by atoms with E-state index in [1.54, 1.807) is 42.1 Å². The number of hydrogen-bond acceptors (Lipinski definition) is 7. The lowest BCUT2D eigenvalue weighted by Crippen LogP contribution is -2.08. The van der Waals surface area contributed by atoms with Gasteiger partial charge in [0.2, 0.25) is 0 Å². The summed E-state index contributed by atoms with van der Waals surface area (Å²) >= 11 is 0. The number of aromatic nitrogens is 5. The van der Waals surface area contributed by atoms with Crippen LogP contribution in [0.1, 0.15) is 11.3 Å². The Balaban J connectivity index is 1.50. The van der Waals surface area contributed by atoms with Gasteiger partial charge >= 0.3 is 0 Å². The number of nitrogens with zero attached hydrogens (tertiary/aromatic N) is 5. The molecule has 0 bridgehead atoms. The molecule has 1 aromatic carbocycles. The minimum atomic E-state index is -0.455. The highest BCUT2D eigenvalue weighted by atomic mass is 19.1. The molecule has 0 unspecified atom stereocenters. The first-order valence-corrected chi connectivity index (χ1v) is 8.52. The van der Waals surface area contributed by atoms with Gasteiger partial charge in [0.25, 0.3) is 5.78 Å². The largest absolute Gasteiger partial charge is 0.453 e. The summed E-state index contributed by atoms with van der Waals surface area (Å²) in [4.78, 5) is 12.4. The quantitative estimate of drug-likeness (QED) is 0.527. The maximum Gasteiger partial charge on any atom is 0.254 e. The van der Waals surface area contributed by atoms with E-state index >= 15 is 0 Å². The number of rotatable bonds is 7. The van der Waals surface area contributed by atoms with Crippen LogP contribution in [0.5, 0.6) is 11.5 Å². The summed E-state index contributed by atoms with van der Waals surface area (Å²) in [5, 5.41) is 7.38. The fourth-order valence-electron chi connectivity index (χ4n) is 2.67. The lowest BCUT2D eigenvalue weighted by atomic mass is 10.2. The van der Waals surface area contributed by atoms with Gasteiger partial charge in [-0.1, -0.05) is 6.07 Å². The van der Waals surface area contributed by atoms with Crippen molar-refractivity contribution in [3.05, 3.63) is 72.2 Å². The van der Waals surface area contributed by atoms with Crippen molar-refractivity contribution < 1.29 is 13.9 Å². The second-order valence-corrected chi connectivity index (χ2v) is 5.95. The van der Waals surface area contributed by atoms with Gasteiger partial charge in [-0.2, -0.15) is 14.6 Å². The smallest absolute Gasteiger partial charge is 0.254 e. The van der Waals surface area contributed by atoms with Crippen LogP contribution in [0.25, 0.3) is 5.78 Å². The van der Waals surface area contributed by atoms with E-state index in [2.05, 4.69) is 25.4 Å². The molecule has 142 valence electrons. The predicted molar refractivity (Wildman–Crippen MR) is 99.5 cm³/mol. The Hall–Kier alpha value is -3.59. The van der Waals surface area contributed by atoms with E-state index in [-0.39, 0.29) is 5.75 Å². The van der Waals surface area contributed by atoms with Gasteiger partial charge in [0.1, 0.15) is 17.9 Å². The summed E-state index contributed by atoms with van der Waals surface area (Å²) < 4.78 is 26.6. The zero-order chi connectivity index (χ0) is 19.3. The van der Waals surface area contributed by atoms with Crippen molar-refractivity contribution >= 4 is 11.6 Å². The maximum atomic E-state index is 14.4. The molecule has 0 spiro atoms. The van der Waals surface area contributed by atoms with Crippen LogP contribution in [0.2, 0.25) is 0 Å². The third-order valence-corrected chi connectivity index (χ3v) is 3.93. The second-order valence-electron chi connectivity index (χ2n) is 5.95. The second kappa shape index (κ2) is 7.97. The van der Waals surface area contributed by atoms with Crippen LogP contribution in [0.3, 0.4) is 0 Å². The molecule has 0 fully saturated rings. The monoisotopic (exact) mass is 380 g/mol. The minimum Gasteiger partial charge on any atom is -0.453 e. The fraction of sp³-hybridized carbons (Fsp3) is 0.158. The maximum absolute atomic E-state index is 14.4. The number of halogens is 1. The molecule has 8 nitrogen and oxygen atoms in total. The molecule has 3 heterocycles. The Morgan fingerprint density at radius 3 is 2.93 bits per heavy atom. The molecule has 0 aliphatic rings. The van der Waals surface area contributed by atoms with Crippen molar-refractivity contribution in [2.75, 3.05) is 12.4 Å². The molecular weight excluding hydrogens is 363 g/mol. The van der Waals surface area contributed by atoms with Crippen LogP contribution >= 0.6 is 0 Å². The summed E-state index contributed by atoms with van der Waals surface area (Å²) in [5.74, 6) is 1.31. The summed E-state index contributed by atoms with van der Waals surface area (Å²) in [6.45, 7) is 0.739. The first-order valence-electron chi connectivity index (χ1n) is 8.52. The van der Waals surface area contributed by atoms with Crippen LogP contribution < -0.4 is 10.1 Å². The van der Waals surface area contributed by atoms with Gasteiger partial charge in [0, 0.05) is 25.9 Å². The van der Waals surface area contributed by atoms with Gasteiger partial charge in [0.15, 0.2) is 11.6 Å². The number of fused-ring (bicyclic) bond motifs is 1. The molecule has 0 saturated heterocycles. The number of pyridine rings is 1. The topological polar surface area (TPSA) is 86.5 Å². The summed E-state index contributed by atoms with van der Waals surface area (Å²) in [6.07, 6.45) is 4.58. The van der Waals surface area contributed by atoms with E-state index < -0.39 is 5.82 Å². The third-order valence-electron chi connectivity index (χ3n) is 3.93. The third kappa shape index (κ3) is 3.89. The zero-order valence-electron chi connectivity index (χ0n) is 15.0. The predicted octanol–water partition coefficient (Wildman–Crippen LogP) is 3.21. The molecule has 3 aromatic heterocycles. The highest BCUT2D eigenvalue weighted by Crippen LogP contribution is 2.25. The number of nitrogens with one attached hydrogen (secondary N) is 1. The Morgan fingerprint density at radius 1 is 1.21 bits per heavy atom. The van der Waals surface area contributed by atoms with Gasteiger partial charge in [-0.25, -0.2) is 9.37 Å². The van der Waals surface area contributed by atoms with E-state index in [1.165, 1.54) is 18.6 Å². The average Bonchev–Trinajstić information content (AvgIpc) is 3.18. The molecule has 4 aromatic rings. The van der Waals surface area contributed by atoms with Gasteiger partial charge in [-0.3, -0.25) is 4.98 Å². The molecule has 0 amide bonds. The molecular formula is C19H17FN6O2. The number of hydrogen-bond donors (Lipinski definition) is 1. The molecule has 0 aliphatic carbocycles. The van der Waals surface area contributed by atoms with Crippen molar-refractivity contribution in [1.82, 2.24) is 24.6 Å². The van der Waals surface area contributed by atoms with Crippen molar-refractivity contribution in [2.24, 2.45) is 0 Å². The van der Waals surface area contributed by atoms with Crippen molar-refractivity contribution in [3.63, 3.8) is 0 Å². The van der Waals surface area contributed by atoms with E-state index in [9.17, 15) is 4.39 Å². The summed E-state index contributed by atoms with van der Waals surface area (Å²) in [6, 6.07) is 10.1. The molecule has 9 heteroatoms. The summed E-state index contributed by atoms with van der Waals surface area (Å²) in [5.41, 5.74) is 1.46. The van der Waals surface area contributed by atoms with Crippen LogP contribution in [0, 0.1) is 5.82 Å². The number of methoxy groups -OCH3 is 1. The lowest BCUT2D eigenvalue weighted by molar-refractivity contribution is 0.181. The molecule has 1 N–H and O–H groups in total. The van der Waals surface area contributed by atoms with E-state index in [0.29, 0.717) is 30.5 Å². The van der Waals surface area contributed by atoms with E-state index in [4.69, 9.17) is 9.47 Å². The number of anilines is 1.